The molecule has 0 saturated carbocycles. The van der Waals surface area contributed by atoms with Crippen LogP contribution in [0.5, 0.6) is 0 Å². The molecule has 0 unspecified atom stereocenters. The van der Waals surface area contributed by atoms with Gasteiger partial charge in [0.15, 0.2) is 0 Å². The maximum atomic E-state index is 8.74. The van der Waals surface area contributed by atoms with Crippen molar-refractivity contribution in [3.05, 3.63) is 71.8 Å². The highest BCUT2D eigenvalue weighted by molar-refractivity contribution is 7.79. The van der Waals surface area contributed by atoms with Crippen LogP contribution in [0.3, 0.4) is 0 Å². The predicted octanol–water partition coefficient (Wildman–Crippen LogP) is 1.99. The molecule has 0 fully saturated rings. The Labute approximate surface area is 137 Å². The summed E-state index contributed by atoms with van der Waals surface area (Å²) in [6, 6.07) is 21.1. The average Bonchev–Trinajstić information content (AvgIpc) is 2.48. The third kappa shape index (κ3) is 10.6. The van der Waals surface area contributed by atoms with E-state index in [0.717, 1.165) is 19.6 Å². The lowest BCUT2D eigenvalue weighted by molar-refractivity contribution is 0.264. The molecule has 0 spiro atoms. The van der Waals surface area contributed by atoms with Crippen LogP contribution in [0.15, 0.2) is 60.7 Å². The molecule has 0 aliphatic carbocycles. The van der Waals surface area contributed by atoms with Crippen LogP contribution in [0.2, 0.25) is 0 Å². The fourth-order valence-corrected chi connectivity index (χ4v) is 2.08. The molecule has 2 rings (SSSR count). The molecule has 2 aromatic rings. The van der Waals surface area contributed by atoms with Crippen LogP contribution in [0, 0.1) is 0 Å². The molecule has 0 radical (unpaired) electrons. The average molecular weight is 338 g/mol. The Balaban J connectivity index is 0.000000463. The van der Waals surface area contributed by atoms with Gasteiger partial charge in [0.1, 0.15) is 0 Å². The highest BCUT2D eigenvalue weighted by atomic mass is 32.3. The standard InChI is InChI=1S/C16H20N2.H2O4S/c17-11-12-18(13-15-7-3-1-4-8-15)14-16-9-5-2-6-10-16;1-5(2,3)4/h1-10H,11-14,17H2;(H2,1,2,3,4). The monoisotopic (exact) mass is 338 g/mol. The summed E-state index contributed by atoms with van der Waals surface area (Å²) in [6.45, 7) is 3.52. The van der Waals surface area contributed by atoms with E-state index in [1.165, 1.54) is 11.1 Å². The van der Waals surface area contributed by atoms with Gasteiger partial charge in [-0.25, -0.2) is 0 Å². The van der Waals surface area contributed by atoms with Crippen LogP contribution < -0.4 is 5.73 Å². The first-order valence-electron chi connectivity index (χ1n) is 7.08. The lowest BCUT2D eigenvalue weighted by atomic mass is 10.1. The molecular weight excluding hydrogens is 316 g/mol. The lowest BCUT2D eigenvalue weighted by Crippen LogP contribution is -2.28. The number of hydrogen-bond donors (Lipinski definition) is 3. The second-order valence-corrected chi connectivity index (χ2v) is 5.81. The van der Waals surface area contributed by atoms with E-state index in [-0.39, 0.29) is 0 Å². The van der Waals surface area contributed by atoms with Crippen LogP contribution in [-0.2, 0) is 23.5 Å². The minimum atomic E-state index is -4.67. The molecule has 0 aliphatic heterocycles. The third-order valence-electron chi connectivity index (χ3n) is 2.94. The van der Waals surface area contributed by atoms with E-state index >= 15 is 0 Å². The van der Waals surface area contributed by atoms with Gasteiger partial charge in [-0.15, -0.1) is 0 Å². The smallest absolute Gasteiger partial charge is 0.329 e. The zero-order valence-corrected chi connectivity index (χ0v) is 13.6. The fraction of sp³-hybridized carbons (Fsp3) is 0.250. The van der Waals surface area contributed by atoms with Gasteiger partial charge in [0.25, 0.3) is 0 Å². The third-order valence-corrected chi connectivity index (χ3v) is 2.94. The first-order chi connectivity index (χ1) is 10.9. The molecule has 4 N–H and O–H groups in total. The summed E-state index contributed by atoms with van der Waals surface area (Å²) in [7, 11) is -4.67. The zero-order chi connectivity index (χ0) is 17.1. The van der Waals surface area contributed by atoms with Gasteiger partial charge in [-0.05, 0) is 11.1 Å². The van der Waals surface area contributed by atoms with Crippen LogP contribution in [0.4, 0.5) is 0 Å². The zero-order valence-electron chi connectivity index (χ0n) is 12.7. The molecule has 0 heterocycles. The van der Waals surface area contributed by atoms with E-state index in [4.69, 9.17) is 23.3 Å². The normalized spacial score (nSPS) is 11.0. The Bertz CT molecular complexity index is 599. The Hall–Kier alpha value is -1.77. The van der Waals surface area contributed by atoms with E-state index in [0.29, 0.717) is 6.54 Å². The van der Waals surface area contributed by atoms with E-state index in [2.05, 4.69) is 53.4 Å². The summed E-state index contributed by atoms with van der Waals surface area (Å²) >= 11 is 0. The highest BCUT2D eigenvalue weighted by Crippen LogP contribution is 2.09. The van der Waals surface area contributed by atoms with Crippen molar-refractivity contribution in [1.82, 2.24) is 4.90 Å². The van der Waals surface area contributed by atoms with Crippen molar-refractivity contribution in [3.8, 4) is 0 Å². The topological polar surface area (TPSA) is 104 Å². The first-order valence-corrected chi connectivity index (χ1v) is 8.48. The fourth-order valence-electron chi connectivity index (χ4n) is 2.08. The quantitative estimate of drug-likeness (QED) is 0.696. The SMILES string of the molecule is NCCN(Cc1ccccc1)Cc1ccccc1.O=S(=O)(O)O. The van der Waals surface area contributed by atoms with Gasteiger partial charge in [-0.1, -0.05) is 60.7 Å². The molecule has 0 aromatic heterocycles. The van der Waals surface area contributed by atoms with Gasteiger partial charge in [0.2, 0.25) is 0 Å². The van der Waals surface area contributed by atoms with Crippen LogP contribution in [0.25, 0.3) is 0 Å². The second kappa shape index (κ2) is 10.1. The minimum absolute atomic E-state index is 0.694. The van der Waals surface area contributed by atoms with E-state index in [1.54, 1.807) is 0 Å². The van der Waals surface area contributed by atoms with Gasteiger partial charge in [0, 0.05) is 26.2 Å². The van der Waals surface area contributed by atoms with Crippen LogP contribution in [0.1, 0.15) is 11.1 Å². The predicted molar refractivity (Wildman–Crippen MR) is 90.2 cm³/mol. The van der Waals surface area contributed by atoms with Crippen molar-refractivity contribution >= 4 is 10.4 Å². The molecule has 0 aliphatic rings. The van der Waals surface area contributed by atoms with Crippen molar-refractivity contribution in [2.75, 3.05) is 13.1 Å². The molecule has 0 amide bonds. The van der Waals surface area contributed by atoms with Crippen LogP contribution >= 0.6 is 0 Å². The summed E-state index contributed by atoms with van der Waals surface area (Å²) in [5, 5.41) is 0. The number of nitrogens with zero attached hydrogens (tertiary/aromatic N) is 1. The molecule has 6 nitrogen and oxygen atoms in total. The largest absolute Gasteiger partial charge is 0.394 e. The van der Waals surface area contributed by atoms with E-state index < -0.39 is 10.4 Å². The molecule has 0 bridgehead atoms. The highest BCUT2D eigenvalue weighted by Gasteiger charge is 2.05. The van der Waals surface area contributed by atoms with Crippen molar-refractivity contribution < 1.29 is 17.5 Å². The number of rotatable bonds is 6. The van der Waals surface area contributed by atoms with Gasteiger partial charge in [-0.3, -0.25) is 14.0 Å². The number of benzene rings is 2. The molecule has 2 aromatic carbocycles. The maximum Gasteiger partial charge on any atom is 0.394 e. The molecule has 0 saturated heterocycles. The lowest BCUT2D eigenvalue weighted by Gasteiger charge is -2.21. The summed E-state index contributed by atoms with van der Waals surface area (Å²) < 4.78 is 31.6. The number of nitrogens with two attached hydrogens (primary N) is 1. The van der Waals surface area contributed by atoms with Crippen molar-refractivity contribution in [2.45, 2.75) is 13.1 Å². The number of hydrogen-bond acceptors (Lipinski definition) is 4. The Morgan fingerprint density at radius 1 is 0.826 bits per heavy atom. The van der Waals surface area contributed by atoms with E-state index in [9.17, 15) is 0 Å². The Morgan fingerprint density at radius 3 is 1.48 bits per heavy atom. The van der Waals surface area contributed by atoms with Gasteiger partial charge in [0.05, 0.1) is 0 Å². The summed E-state index contributed by atoms with van der Waals surface area (Å²) in [5.74, 6) is 0. The summed E-state index contributed by atoms with van der Waals surface area (Å²) in [5.41, 5.74) is 8.37. The Morgan fingerprint density at radius 2 is 1.17 bits per heavy atom. The van der Waals surface area contributed by atoms with Gasteiger partial charge in [-0.2, -0.15) is 8.42 Å². The van der Waals surface area contributed by atoms with E-state index in [1.807, 2.05) is 12.1 Å². The van der Waals surface area contributed by atoms with Gasteiger partial charge < -0.3 is 5.73 Å². The second-order valence-electron chi connectivity index (χ2n) is 4.92. The molecule has 126 valence electrons. The molecule has 0 atom stereocenters. The van der Waals surface area contributed by atoms with Crippen molar-refractivity contribution in [2.24, 2.45) is 5.73 Å². The van der Waals surface area contributed by atoms with Gasteiger partial charge >= 0.3 is 10.4 Å². The molecule has 7 heteroatoms. The molecular formula is C16H22N2O4S. The Kier molecular flexibility index (Phi) is 8.46. The first kappa shape index (κ1) is 19.3. The van der Waals surface area contributed by atoms with Crippen molar-refractivity contribution in [1.29, 1.82) is 0 Å². The summed E-state index contributed by atoms with van der Waals surface area (Å²) in [6.07, 6.45) is 0. The maximum absolute atomic E-state index is 8.74. The summed E-state index contributed by atoms with van der Waals surface area (Å²) in [4.78, 5) is 2.38. The van der Waals surface area contributed by atoms with Crippen molar-refractivity contribution in [3.63, 3.8) is 0 Å². The minimum Gasteiger partial charge on any atom is -0.329 e. The van der Waals surface area contributed by atoms with Crippen LogP contribution in [-0.4, -0.2) is 35.5 Å². The molecule has 23 heavy (non-hydrogen) atoms.